The highest BCUT2D eigenvalue weighted by molar-refractivity contribution is 7.99. The molecular weight excluding hydrogens is 394 g/mol. The van der Waals surface area contributed by atoms with E-state index in [2.05, 4.69) is 49.2 Å². The van der Waals surface area contributed by atoms with E-state index in [1.54, 1.807) is 0 Å². The van der Waals surface area contributed by atoms with Gasteiger partial charge >= 0.3 is 0 Å². The molecule has 1 aromatic heterocycles. The summed E-state index contributed by atoms with van der Waals surface area (Å²) in [6.07, 6.45) is 0. The number of nitriles is 1. The standard InChI is InChI=1S/C23H25N5OS/c1-23(2,3)18-12-10-17(11-13-18)21-25-26-22(27(21)4)30-16-20(29)28(15-14-24)19-8-6-5-7-9-19/h5-13H,15-16H2,1-4H3. The van der Waals surface area contributed by atoms with Gasteiger partial charge in [0.2, 0.25) is 5.91 Å². The highest BCUT2D eigenvalue weighted by Gasteiger charge is 2.19. The molecule has 3 aromatic rings. The Morgan fingerprint density at radius 3 is 2.37 bits per heavy atom. The minimum absolute atomic E-state index is 0.00754. The average Bonchev–Trinajstić information content (AvgIpc) is 3.10. The molecule has 0 saturated carbocycles. The van der Waals surface area contributed by atoms with Crippen molar-refractivity contribution >= 4 is 23.4 Å². The van der Waals surface area contributed by atoms with Gasteiger partial charge in [0.25, 0.3) is 0 Å². The molecule has 0 unspecified atom stereocenters. The van der Waals surface area contributed by atoms with Crippen molar-refractivity contribution in [2.75, 3.05) is 17.2 Å². The molecule has 2 aromatic carbocycles. The summed E-state index contributed by atoms with van der Waals surface area (Å²) in [4.78, 5) is 14.2. The minimum Gasteiger partial charge on any atom is -0.305 e. The van der Waals surface area contributed by atoms with Crippen molar-refractivity contribution in [2.45, 2.75) is 31.3 Å². The predicted octanol–water partition coefficient (Wildman–Crippen LogP) is 4.43. The smallest absolute Gasteiger partial charge is 0.238 e. The number of para-hydroxylation sites is 1. The molecule has 3 rings (SSSR count). The molecule has 30 heavy (non-hydrogen) atoms. The monoisotopic (exact) mass is 419 g/mol. The van der Waals surface area contributed by atoms with Crippen molar-refractivity contribution in [3.8, 4) is 17.5 Å². The molecule has 0 N–H and O–H groups in total. The molecule has 1 amide bonds. The fourth-order valence-electron chi connectivity index (χ4n) is 3.02. The average molecular weight is 420 g/mol. The molecule has 6 nitrogen and oxygen atoms in total. The summed E-state index contributed by atoms with van der Waals surface area (Å²) < 4.78 is 1.89. The van der Waals surface area contributed by atoms with Crippen molar-refractivity contribution in [3.63, 3.8) is 0 Å². The Balaban J connectivity index is 1.72. The molecule has 0 spiro atoms. The zero-order chi connectivity index (χ0) is 21.7. The van der Waals surface area contributed by atoms with E-state index in [1.165, 1.54) is 22.2 Å². The Morgan fingerprint density at radius 1 is 1.10 bits per heavy atom. The lowest BCUT2D eigenvalue weighted by atomic mass is 9.87. The second kappa shape index (κ2) is 9.14. The topological polar surface area (TPSA) is 74.8 Å². The summed E-state index contributed by atoms with van der Waals surface area (Å²) in [5.41, 5.74) is 3.04. The van der Waals surface area contributed by atoms with Gasteiger partial charge < -0.3 is 4.57 Å². The van der Waals surface area contributed by atoms with Crippen molar-refractivity contribution in [2.24, 2.45) is 7.05 Å². The molecule has 154 valence electrons. The zero-order valence-electron chi connectivity index (χ0n) is 17.7. The first kappa shape index (κ1) is 21.6. The second-order valence-corrected chi connectivity index (χ2v) is 8.90. The number of hydrogen-bond donors (Lipinski definition) is 0. The summed E-state index contributed by atoms with van der Waals surface area (Å²) in [7, 11) is 1.89. The molecule has 0 bridgehead atoms. The number of benzene rings is 2. The summed E-state index contributed by atoms with van der Waals surface area (Å²) in [5, 5.41) is 18.3. The molecule has 7 heteroatoms. The first-order valence-corrected chi connectivity index (χ1v) is 10.7. The number of hydrogen-bond acceptors (Lipinski definition) is 5. The maximum atomic E-state index is 12.7. The maximum absolute atomic E-state index is 12.7. The molecule has 0 aliphatic rings. The van der Waals surface area contributed by atoms with E-state index in [-0.39, 0.29) is 23.6 Å². The van der Waals surface area contributed by atoms with Crippen LogP contribution >= 0.6 is 11.8 Å². The van der Waals surface area contributed by atoms with Gasteiger partial charge in [0.15, 0.2) is 11.0 Å². The number of carbonyl (C=O) groups is 1. The number of thioether (sulfide) groups is 1. The van der Waals surface area contributed by atoms with Gasteiger partial charge in [0.1, 0.15) is 6.54 Å². The second-order valence-electron chi connectivity index (χ2n) is 7.95. The summed E-state index contributed by atoms with van der Waals surface area (Å²) in [5.74, 6) is 0.778. The number of rotatable bonds is 6. The summed E-state index contributed by atoms with van der Waals surface area (Å²) in [6, 6.07) is 19.6. The molecule has 0 atom stereocenters. The van der Waals surface area contributed by atoms with E-state index in [4.69, 9.17) is 5.26 Å². The maximum Gasteiger partial charge on any atom is 0.238 e. The van der Waals surface area contributed by atoms with E-state index >= 15 is 0 Å². The normalized spacial score (nSPS) is 11.2. The molecule has 0 saturated heterocycles. The third-order valence-corrected chi connectivity index (χ3v) is 5.77. The van der Waals surface area contributed by atoms with E-state index in [9.17, 15) is 4.79 Å². The van der Waals surface area contributed by atoms with Gasteiger partial charge in [-0.05, 0) is 23.1 Å². The van der Waals surface area contributed by atoms with Crippen LogP contribution in [0.3, 0.4) is 0 Å². The van der Waals surface area contributed by atoms with Gasteiger partial charge in [-0.25, -0.2) is 0 Å². The third-order valence-electron chi connectivity index (χ3n) is 4.77. The van der Waals surface area contributed by atoms with Crippen LogP contribution in [0.4, 0.5) is 5.69 Å². The molecule has 0 radical (unpaired) electrons. The first-order valence-electron chi connectivity index (χ1n) is 9.66. The highest BCUT2D eigenvalue weighted by Crippen LogP contribution is 2.27. The molecular formula is C23H25N5OS. The van der Waals surface area contributed by atoms with Gasteiger partial charge in [-0.1, -0.05) is 75.0 Å². The molecule has 0 fully saturated rings. The zero-order valence-corrected chi connectivity index (χ0v) is 18.5. The van der Waals surface area contributed by atoms with Crippen LogP contribution in [0.15, 0.2) is 59.8 Å². The Hall–Kier alpha value is -3.11. The Labute approximate surface area is 181 Å². The largest absolute Gasteiger partial charge is 0.305 e. The van der Waals surface area contributed by atoms with Crippen molar-refractivity contribution in [3.05, 3.63) is 60.2 Å². The summed E-state index contributed by atoms with van der Waals surface area (Å²) in [6.45, 7) is 6.55. The van der Waals surface area contributed by atoms with Gasteiger partial charge in [-0.3, -0.25) is 9.69 Å². The number of anilines is 1. The lowest BCUT2D eigenvalue weighted by Gasteiger charge is -2.19. The van der Waals surface area contributed by atoms with E-state index < -0.39 is 0 Å². The van der Waals surface area contributed by atoms with E-state index in [0.29, 0.717) is 10.8 Å². The number of nitrogens with zero attached hydrogens (tertiary/aromatic N) is 5. The third kappa shape index (κ3) is 4.89. The van der Waals surface area contributed by atoms with E-state index in [0.717, 1.165) is 11.4 Å². The minimum atomic E-state index is -0.146. The lowest BCUT2D eigenvalue weighted by molar-refractivity contribution is -0.116. The Kier molecular flexibility index (Phi) is 6.58. The highest BCUT2D eigenvalue weighted by atomic mass is 32.2. The van der Waals surface area contributed by atoms with Gasteiger partial charge in [-0.15, -0.1) is 10.2 Å². The Morgan fingerprint density at radius 2 is 1.77 bits per heavy atom. The van der Waals surface area contributed by atoms with Gasteiger partial charge in [-0.2, -0.15) is 5.26 Å². The molecule has 0 aliphatic heterocycles. The van der Waals surface area contributed by atoms with Crippen LogP contribution < -0.4 is 4.90 Å². The van der Waals surface area contributed by atoms with Crippen LogP contribution in [-0.4, -0.2) is 33.0 Å². The fraction of sp³-hybridized carbons (Fsp3) is 0.304. The fourth-order valence-corrected chi connectivity index (χ4v) is 3.80. The van der Waals surface area contributed by atoms with Crippen LogP contribution in [0.2, 0.25) is 0 Å². The quantitative estimate of drug-likeness (QED) is 0.436. The van der Waals surface area contributed by atoms with Crippen LogP contribution in [0.1, 0.15) is 26.3 Å². The van der Waals surface area contributed by atoms with Crippen LogP contribution in [-0.2, 0) is 17.3 Å². The van der Waals surface area contributed by atoms with Gasteiger partial charge in [0, 0.05) is 18.3 Å². The van der Waals surface area contributed by atoms with E-state index in [1.807, 2.05) is 54.1 Å². The molecule has 0 aliphatic carbocycles. The number of amides is 1. The van der Waals surface area contributed by atoms with Crippen molar-refractivity contribution < 1.29 is 4.79 Å². The summed E-state index contributed by atoms with van der Waals surface area (Å²) >= 11 is 1.32. The SMILES string of the molecule is Cn1c(SCC(=O)N(CC#N)c2ccccc2)nnc1-c1ccc(C(C)(C)C)cc1. The number of carbonyl (C=O) groups excluding carboxylic acids is 1. The van der Waals surface area contributed by atoms with Crippen molar-refractivity contribution in [1.29, 1.82) is 5.26 Å². The van der Waals surface area contributed by atoms with Crippen molar-refractivity contribution in [1.82, 2.24) is 14.8 Å². The first-order chi connectivity index (χ1) is 14.3. The number of aromatic nitrogens is 3. The Bertz CT molecular complexity index is 1050. The predicted molar refractivity (Wildman–Crippen MR) is 120 cm³/mol. The van der Waals surface area contributed by atoms with Crippen LogP contribution in [0.5, 0.6) is 0 Å². The van der Waals surface area contributed by atoms with Crippen LogP contribution in [0, 0.1) is 11.3 Å². The van der Waals surface area contributed by atoms with Gasteiger partial charge in [0.05, 0.1) is 11.8 Å². The van der Waals surface area contributed by atoms with Crippen LogP contribution in [0.25, 0.3) is 11.4 Å². The lowest BCUT2D eigenvalue weighted by Crippen LogP contribution is -2.32. The molecule has 1 heterocycles.